The Balaban J connectivity index is 1.76. The molecule has 0 spiro atoms. The molecule has 0 bridgehead atoms. The lowest BCUT2D eigenvalue weighted by atomic mass is 10.3. The molecule has 0 radical (unpaired) electrons. The number of nitrogen functional groups attached to an aromatic ring is 1. The van der Waals surface area contributed by atoms with Crippen LogP contribution in [0.5, 0.6) is 5.75 Å². The molecule has 160 valence electrons. The summed E-state index contributed by atoms with van der Waals surface area (Å²) in [5.41, 5.74) is 7.02. The van der Waals surface area contributed by atoms with E-state index in [2.05, 4.69) is 25.0 Å². The summed E-state index contributed by atoms with van der Waals surface area (Å²) in [6.45, 7) is -1.11. The number of anilines is 3. The van der Waals surface area contributed by atoms with Gasteiger partial charge in [-0.3, -0.25) is 4.57 Å². The third-order valence-electron chi connectivity index (χ3n) is 4.41. The number of rotatable bonds is 6. The van der Waals surface area contributed by atoms with Crippen LogP contribution in [0.25, 0.3) is 17.0 Å². The molecule has 0 fully saturated rings. The van der Waals surface area contributed by atoms with Crippen molar-refractivity contribution in [3.8, 4) is 11.7 Å². The largest absolute Gasteiger partial charge is 0.435 e. The zero-order valence-corrected chi connectivity index (χ0v) is 16.1. The van der Waals surface area contributed by atoms with Crippen LogP contribution >= 0.6 is 0 Å². The fourth-order valence-corrected chi connectivity index (χ4v) is 3.05. The molecule has 31 heavy (non-hydrogen) atoms. The van der Waals surface area contributed by atoms with Crippen molar-refractivity contribution in [3.05, 3.63) is 59.9 Å². The van der Waals surface area contributed by atoms with E-state index < -0.39 is 24.1 Å². The second-order valence-electron chi connectivity index (χ2n) is 6.45. The number of alkyl halides is 2. The highest BCUT2D eigenvalue weighted by atomic mass is 19.3. The number of aryl methyl sites for hydroxylation is 1. The molecule has 0 amide bonds. The van der Waals surface area contributed by atoms with Crippen LogP contribution in [0, 0.1) is 11.6 Å². The molecule has 2 heterocycles. The minimum Gasteiger partial charge on any atom is -0.435 e. The van der Waals surface area contributed by atoms with Gasteiger partial charge < -0.3 is 15.8 Å². The van der Waals surface area contributed by atoms with Gasteiger partial charge >= 0.3 is 6.61 Å². The third kappa shape index (κ3) is 4.06. The lowest BCUT2D eigenvalue weighted by molar-refractivity contribution is -0.0498. The first-order valence-electron chi connectivity index (χ1n) is 9.18. The maximum absolute atomic E-state index is 14.6. The molecule has 0 aliphatic rings. The summed E-state index contributed by atoms with van der Waals surface area (Å²) in [4.78, 5) is 12.6. The maximum atomic E-state index is 14.6. The number of nitrogens with two attached hydrogens (primary N) is 1. The molecule has 0 saturated carbocycles. The second-order valence-corrected chi connectivity index (χ2v) is 6.45. The Kier molecular flexibility index (Phi) is 5.32. The lowest BCUT2D eigenvalue weighted by Gasteiger charge is -2.12. The fraction of sp³-hybridized carbons (Fsp3) is 0.150. The molecular formula is C20H16F4N6O. The van der Waals surface area contributed by atoms with Crippen molar-refractivity contribution in [1.29, 1.82) is 0 Å². The Morgan fingerprint density at radius 3 is 2.48 bits per heavy atom. The molecule has 0 saturated heterocycles. The van der Waals surface area contributed by atoms with Gasteiger partial charge in [-0.15, -0.1) is 0 Å². The van der Waals surface area contributed by atoms with Gasteiger partial charge in [-0.25, -0.2) is 9.37 Å². The van der Waals surface area contributed by atoms with Crippen LogP contribution in [-0.4, -0.2) is 26.1 Å². The molecule has 0 unspecified atom stereocenters. The van der Waals surface area contributed by atoms with Crippen LogP contribution in [0.1, 0.15) is 12.7 Å². The van der Waals surface area contributed by atoms with Crippen LogP contribution in [0.15, 0.2) is 42.5 Å². The minimum atomic E-state index is -2.96. The average molecular weight is 432 g/mol. The molecule has 2 aromatic carbocycles. The summed E-state index contributed by atoms with van der Waals surface area (Å²) in [5.74, 6) is -1.56. The van der Waals surface area contributed by atoms with Crippen molar-refractivity contribution < 1.29 is 22.3 Å². The van der Waals surface area contributed by atoms with Gasteiger partial charge in [0.25, 0.3) is 0 Å². The Hall–Kier alpha value is -3.89. The highest BCUT2D eigenvalue weighted by Gasteiger charge is 2.19. The monoisotopic (exact) mass is 432 g/mol. The van der Waals surface area contributed by atoms with Crippen LogP contribution in [-0.2, 0) is 6.42 Å². The van der Waals surface area contributed by atoms with E-state index in [4.69, 9.17) is 5.73 Å². The molecule has 0 aliphatic carbocycles. The number of halogens is 4. The molecular weight excluding hydrogens is 416 g/mol. The van der Waals surface area contributed by atoms with Crippen LogP contribution in [0.2, 0.25) is 0 Å². The van der Waals surface area contributed by atoms with Crippen molar-refractivity contribution in [1.82, 2.24) is 19.5 Å². The highest BCUT2D eigenvalue weighted by Crippen LogP contribution is 2.27. The van der Waals surface area contributed by atoms with Gasteiger partial charge in [-0.05, 0) is 36.4 Å². The van der Waals surface area contributed by atoms with Crippen molar-refractivity contribution in [2.45, 2.75) is 20.0 Å². The number of nitrogens with zero attached hydrogens (tertiary/aromatic N) is 4. The van der Waals surface area contributed by atoms with E-state index in [0.717, 1.165) is 0 Å². The number of nitrogens with one attached hydrogen (secondary N) is 1. The van der Waals surface area contributed by atoms with Gasteiger partial charge in [0, 0.05) is 18.2 Å². The molecule has 4 aromatic rings. The van der Waals surface area contributed by atoms with Crippen LogP contribution in [0.3, 0.4) is 0 Å². The summed E-state index contributed by atoms with van der Waals surface area (Å²) >= 11 is 0. The maximum Gasteiger partial charge on any atom is 0.387 e. The smallest absolute Gasteiger partial charge is 0.387 e. The van der Waals surface area contributed by atoms with Crippen molar-refractivity contribution >= 4 is 28.4 Å². The molecule has 3 N–H and O–H groups in total. The summed E-state index contributed by atoms with van der Waals surface area (Å²) in [5, 5.41) is 2.74. The number of hydrogen-bond donors (Lipinski definition) is 2. The van der Waals surface area contributed by atoms with Crippen LogP contribution < -0.4 is 15.8 Å². The zero-order chi connectivity index (χ0) is 22.1. The quantitative estimate of drug-likeness (QED) is 0.434. The Bertz CT molecular complexity index is 1240. The predicted octanol–water partition coefficient (Wildman–Crippen LogP) is 4.58. The fourth-order valence-electron chi connectivity index (χ4n) is 3.05. The Labute approximate surface area is 173 Å². The predicted molar refractivity (Wildman–Crippen MR) is 107 cm³/mol. The van der Waals surface area contributed by atoms with E-state index in [9.17, 15) is 17.6 Å². The molecule has 0 aliphatic heterocycles. The van der Waals surface area contributed by atoms with E-state index in [1.54, 1.807) is 0 Å². The van der Waals surface area contributed by atoms with Gasteiger partial charge in [0.2, 0.25) is 11.8 Å². The number of ether oxygens (including phenoxy) is 1. The normalized spacial score (nSPS) is 11.3. The first kappa shape index (κ1) is 20.4. The number of fused-ring (bicyclic) bond motifs is 1. The molecule has 4 rings (SSSR count). The van der Waals surface area contributed by atoms with Gasteiger partial charge in [0.15, 0.2) is 11.6 Å². The van der Waals surface area contributed by atoms with E-state index in [-0.39, 0.29) is 17.5 Å². The molecule has 7 nitrogen and oxygen atoms in total. The van der Waals surface area contributed by atoms with Crippen molar-refractivity contribution in [2.75, 3.05) is 11.1 Å². The van der Waals surface area contributed by atoms with Crippen molar-refractivity contribution in [2.24, 2.45) is 0 Å². The van der Waals surface area contributed by atoms with Gasteiger partial charge in [0.1, 0.15) is 17.4 Å². The average Bonchev–Trinajstić information content (AvgIpc) is 3.10. The van der Waals surface area contributed by atoms with Gasteiger partial charge in [-0.2, -0.15) is 23.1 Å². The second kappa shape index (κ2) is 8.09. The van der Waals surface area contributed by atoms with E-state index in [0.29, 0.717) is 29.0 Å². The van der Waals surface area contributed by atoms with Crippen LogP contribution in [0.4, 0.5) is 34.9 Å². The summed E-state index contributed by atoms with van der Waals surface area (Å²) in [6.07, 6.45) is 0.477. The van der Waals surface area contributed by atoms with E-state index >= 15 is 0 Å². The number of imidazole rings is 1. The first-order valence-corrected chi connectivity index (χ1v) is 9.18. The summed E-state index contributed by atoms with van der Waals surface area (Å²) in [7, 11) is 0. The summed E-state index contributed by atoms with van der Waals surface area (Å²) < 4.78 is 58.8. The lowest BCUT2D eigenvalue weighted by Crippen LogP contribution is -2.11. The number of benzene rings is 2. The zero-order valence-electron chi connectivity index (χ0n) is 16.1. The van der Waals surface area contributed by atoms with Gasteiger partial charge in [0.05, 0.1) is 11.0 Å². The Morgan fingerprint density at radius 1 is 1.06 bits per heavy atom. The van der Waals surface area contributed by atoms with Crippen molar-refractivity contribution in [3.63, 3.8) is 0 Å². The highest BCUT2D eigenvalue weighted by molar-refractivity contribution is 5.78. The number of aromatic nitrogens is 4. The SMILES string of the molecule is CCc1nc2ccc(F)cc2n1-c1nc(N)c(F)c(Nc2ccc(OC(F)F)cc2)n1. The molecule has 0 atom stereocenters. The standard InChI is InChI=1S/C20H16F4N6O/c1-2-15-27-13-8-3-10(21)9-14(13)30(15)20-28-17(25)16(22)18(29-20)26-11-4-6-12(7-5-11)31-19(23)24/h3-9,19H,2H2,1H3,(H3,25,26,28,29). The topological polar surface area (TPSA) is 90.9 Å². The van der Waals surface area contributed by atoms with Gasteiger partial charge in [-0.1, -0.05) is 6.92 Å². The third-order valence-corrected chi connectivity index (χ3v) is 4.41. The number of hydrogen-bond acceptors (Lipinski definition) is 6. The molecule has 11 heteroatoms. The summed E-state index contributed by atoms with van der Waals surface area (Å²) in [6, 6.07) is 9.49. The first-order chi connectivity index (χ1) is 14.9. The van der Waals surface area contributed by atoms with E-state index in [1.165, 1.54) is 47.0 Å². The minimum absolute atomic E-state index is 0.00371. The van der Waals surface area contributed by atoms with E-state index in [1.807, 2.05) is 6.92 Å². The Morgan fingerprint density at radius 2 is 1.81 bits per heavy atom. The molecule has 2 aromatic heterocycles.